The number of nitrogens with zero attached hydrogens (tertiary/aromatic N) is 2. The van der Waals surface area contributed by atoms with Crippen molar-refractivity contribution in [3.05, 3.63) is 125 Å². The molecule has 4 aromatic rings. The first kappa shape index (κ1) is 29.1. The fraction of sp³-hybridized carbons (Fsp3) is 0.219. The molecule has 41 heavy (non-hydrogen) atoms. The van der Waals surface area contributed by atoms with Gasteiger partial charge in [-0.05, 0) is 86.2 Å². The van der Waals surface area contributed by atoms with Crippen molar-refractivity contribution >= 4 is 51.1 Å². The number of hydrogen-bond donors (Lipinski definition) is 0. The molecule has 0 unspecified atom stereocenters. The molecule has 0 saturated heterocycles. The summed E-state index contributed by atoms with van der Waals surface area (Å²) >= 11 is 6.39. The van der Waals surface area contributed by atoms with E-state index >= 15 is 0 Å². The van der Waals surface area contributed by atoms with Gasteiger partial charge in [-0.25, -0.2) is 9.79 Å². The maximum atomic E-state index is 13.8. The maximum Gasteiger partial charge on any atom is 0.338 e. The van der Waals surface area contributed by atoms with Crippen LogP contribution >= 0.6 is 39.0 Å². The number of thiazole rings is 1. The number of aromatic nitrogens is 1. The summed E-state index contributed by atoms with van der Waals surface area (Å²) in [4.78, 5) is 33.4. The number of esters is 1. The highest BCUT2D eigenvalue weighted by Gasteiger charge is 2.33. The van der Waals surface area contributed by atoms with E-state index in [9.17, 15) is 9.59 Å². The first-order chi connectivity index (χ1) is 19.7. The Bertz CT molecular complexity index is 1770. The topological polar surface area (TPSA) is 69.9 Å². The summed E-state index contributed by atoms with van der Waals surface area (Å²) in [5, 5.41) is 0. The van der Waals surface area contributed by atoms with Crippen LogP contribution in [0.3, 0.4) is 0 Å². The Balaban J connectivity index is 1.49. The van der Waals surface area contributed by atoms with Gasteiger partial charge >= 0.3 is 5.97 Å². The molecule has 0 saturated carbocycles. The molecule has 3 aromatic carbocycles. The molecular formula is C32H29BrN2O4S2. The van der Waals surface area contributed by atoms with Crippen LogP contribution in [0.2, 0.25) is 0 Å². The van der Waals surface area contributed by atoms with Crippen LogP contribution in [0.1, 0.15) is 43.5 Å². The minimum absolute atomic E-state index is 0.203. The zero-order chi connectivity index (χ0) is 29.1. The average Bonchev–Trinajstić information content (AvgIpc) is 3.26. The van der Waals surface area contributed by atoms with E-state index in [0.717, 1.165) is 31.8 Å². The third-order valence-electron chi connectivity index (χ3n) is 6.51. The molecule has 6 nitrogen and oxygen atoms in total. The quantitative estimate of drug-likeness (QED) is 0.167. The first-order valence-corrected chi connectivity index (χ1v) is 15.9. The normalized spacial score (nSPS) is 15.1. The van der Waals surface area contributed by atoms with Gasteiger partial charge in [-0.3, -0.25) is 9.36 Å². The third kappa shape index (κ3) is 6.58. The number of benzene rings is 3. The summed E-state index contributed by atoms with van der Waals surface area (Å²) in [6, 6.07) is 22.9. The predicted octanol–water partition coefficient (Wildman–Crippen LogP) is 6.25. The molecule has 9 heteroatoms. The third-order valence-corrected chi connectivity index (χ3v) is 8.77. The van der Waals surface area contributed by atoms with Gasteiger partial charge in [0.25, 0.3) is 5.56 Å². The average molecular weight is 650 g/mol. The number of carbonyl (C=O) groups is 1. The summed E-state index contributed by atoms with van der Waals surface area (Å²) in [5.41, 5.74) is 3.49. The molecule has 1 aliphatic heterocycles. The standard InChI is InChI=1S/C32H29BrN2O4S2/c1-19(2)39-31(37)28-20(3)34-32-35(29(28)23-9-15-26(40-4)16-10-23)30(36)27(41-32)17-21-7-13-25(14-8-21)38-18-22-5-11-24(33)12-6-22/h5-17,19,29H,18H2,1-4H3/b27-17-/t29-/m0/s1. The maximum absolute atomic E-state index is 13.8. The van der Waals surface area contributed by atoms with Gasteiger partial charge in [-0.1, -0.05) is 63.7 Å². The van der Waals surface area contributed by atoms with E-state index in [0.29, 0.717) is 27.2 Å². The fourth-order valence-electron chi connectivity index (χ4n) is 4.52. The number of thioether (sulfide) groups is 1. The molecule has 0 radical (unpaired) electrons. The predicted molar refractivity (Wildman–Crippen MR) is 168 cm³/mol. The van der Waals surface area contributed by atoms with Crippen LogP contribution in [0.25, 0.3) is 6.08 Å². The Morgan fingerprint density at radius 2 is 1.76 bits per heavy atom. The molecule has 0 N–H and O–H groups in total. The lowest BCUT2D eigenvalue weighted by Crippen LogP contribution is -2.40. The lowest BCUT2D eigenvalue weighted by molar-refractivity contribution is -0.143. The largest absolute Gasteiger partial charge is 0.489 e. The summed E-state index contributed by atoms with van der Waals surface area (Å²) in [6.45, 7) is 5.87. The zero-order valence-electron chi connectivity index (χ0n) is 23.1. The monoisotopic (exact) mass is 648 g/mol. The second-order valence-corrected chi connectivity index (χ2v) is 12.6. The highest BCUT2D eigenvalue weighted by molar-refractivity contribution is 9.10. The Hall–Kier alpha value is -3.40. The van der Waals surface area contributed by atoms with Gasteiger partial charge in [-0.2, -0.15) is 0 Å². The van der Waals surface area contributed by atoms with E-state index < -0.39 is 12.0 Å². The van der Waals surface area contributed by atoms with Gasteiger partial charge in [0.05, 0.1) is 27.9 Å². The number of allylic oxidation sites excluding steroid dienone is 1. The van der Waals surface area contributed by atoms with E-state index in [1.165, 1.54) is 11.3 Å². The number of rotatable bonds is 8. The Morgan fingerprint density at radius 1 is 1.07 bits per heavy atom. The molecule has 210 valence electrons. The lowest BCUT2D eigenvalue weighted by Gasteiger charge is -2.25. The molecule has 0 fully saturated rings. The van der Waals surface area contributed by atoms with E-state index in [1.54, 1.807) is 23.3 Å². The van der Waals surface area contributed by atoms with E-state index in [1.807, 2.05) is 99.0 Å². The van der Waals surface area contributed by atoms with Crippen molar-refractivity contribution in [3.63, 3.8) is 0 Å². The fourth-order valence-corrected chi connectivity index (χ4v) is 6.24. The molecule has 1 aliphatic rings. The number of carbonyl (C=O) groups excluding carboxylic acids is 1. The SMILES string of the molecule is CSc1ccc([C@H]2C(C(=O)OC(C)C)=C(C)N=c3s/c(=C\c4ccc(OCc5ccc(Br)cc5)cc4)c(=O)n32)cc1. The molecule has 0 aliphatic carbocycles. The molecular weight excluding hydrogens is 620 g/mol. The summed E-state index contributed by atoms with van der Waals surface area (Å²) in [6.07, 6.45) is 3.56. The number of halogens is 1. The van der Waals surface area contributed by atoms with E-state index in [2.05, 4.69) is 20.9 Å². The van der Waals surface area contributed by atoms with E-state index in [4.69, 9.17) is 9.47 Å². The van der Waals surface area contributed by atoms with E-state index in [-0.39, 0.29) is 11.7 Å². The van der Waals surface area contributed by atoms with Crippen molar-refractivity contribution in [1.82, 2.24) is 4.57 Å². The molecule has 1 atom stereocenters. The van der Waals surface area contributed by atoms with Crippen LogP contribution in [0.4, 0.5) is 0 Å². The summed E-state index contributed by atoms with van der Waals surface area (Å²) in [7, 11) is 0. The number of fused-ring (bicyclic) bond motifs is 1. The van der Waals surface area contributed by atoms with Crippen molar-refractivity contribution in [1.29, 1.82) is 0 Å². The zero-order valence-corrected chi connectivity index (χ0v) is 26.3. The van der Waals surface area contributed by atoms with Crippen molar-refractivity contribution in [2.45, 2.75) is 44.4 Å². The Labute approximate surface area is 255 Å². The first-order valence-electron chi connectivity index (χ1n) is 13.1. The van der Waals surface area contributed by atoms with Gasteiger partial charge in [-0.15, -0.1) is 11.8 Å². The van der Waals surface area contributed by atoms with Crippen LogP contribution in [0.15, 0.2) is 103 Å². The lowest BCUT2D eigenvalue weighted by atomic mass is 9.96. The molecule has 0 amide bonds. The van der Waals surface area contributed by atoms with Crippen LogP contribution in [-0.4, -0.2) is 22.9 Å². The van der Waals surface area contributed by atoms with Crippen LogP contribution in [0, 0.1) is 0 Å². The van der Waals surface area contributed by atoms with Crippen molar-refractivity contribution in [2.75, 3.05) is 6.26 Å². The molecule has 1 aromatic heterocycles. The number of ether oxygens (including phenoxy) is 2. The molecule has 0 spiro atoms. The summed E-state index contributed by atoms with van der Waals surface area (Å²) < 4.78 is 14.7. The van der Waals surface area contributed by atoms with Crippen molar-refractivity contribution in [3.8, 4) is 5.75 Å². The van der Waals surface area contributed by atoms with Gasteiger partial charge in [0.1, 0.15) is 12.4 Å². The van der Waals surface area contributed by atoms with Crippen LogP contribution in [-0.2, 0) is 16.1 Å². The van der Waals surface area contributed by atoms with Gasteiger partial charge in [0, 0.05) is 9.37 Å². The van der Waals surface area contributed by atoms with Gasteiger partial charge in [0.2, 0.25) is 0 Å². The summed E-state index contributed by atoms with van der Waals surface area (Å²) in [5.74, 6) is 0.275. The molecule has 5 rings (SSSR count). The Kier molecular flexibility index (Phi) is 8.97. The number of hydrogen-bond acceptors (Lipinski definition) is 7. The second-order valence-electron chi connectivity index (χ2n) is 9.79. The van der Waals surface area contributed by atoms with Crippen LogP contribution in [0.5, 0.6) is 5.75 Å². The molecule has 2 heterocycles. The minimum Gasteiger partial charge on any atom is -0.489 e. The second kappa shape index (κ2) is 12.6. The minimum atomic E-state index is -0.634. The van der Waals surface area contributed by atoms with Gasteiger partial charge < -0.3 is 9.47 Å². The molecule has 0 bridgehead atoms. The smallest absolute Gasteiger partial charge is 0.338 e. The highest BCUT2D eigenvalue weighted by Crippen LogP contribution is 2.32. The van der Waals surface area contributed by atoms with Crippen molar-refractivity contribution < 1.29 is 14.3 Å². The van der Waals surface area contributed by atoms with Crippen LogP contribution < -0.4 is 19.6 Å². The van der Waals surface area contributed by atoms with Gasteiger partial charge in [0.15, 0.2) is 4.80 Å². The highest BCUT2D eigenvalue weighted by atomic mass is 79.9. The Morgan fingerprint density at radius 3 is 2.39 bits per heavy atom. The van der Waals surface area contributed by atoms with Crippen molar-refractivity contribution in [2.24, 2.45) is 4.99 Å².